The first-order valence-electron chi connectivity index (χ1n) is 5.57. The quantitative estimate of drug-likeness (QED) is 0.579. The standard InChI is InChI=1S/C13H15F3O2/c1-8-5-10(14)6-9(2)13(8)11(17)3-4-18-7-12(15)16/h5-6,12H,3-4,7H2,1-2H3. The smallest absolute Gasteiger partial charge is 0.261 e. The Morgan fingerprint density at radius 1 is 1.28 bits per heavy atom. The SMILES string of the molecule is Cc1cc(F)cc(C)c1C(=O)CCOCC(F)F. The largest absolute Gasteiger partial charge is 0.375 e. The van der Waals surface area contributed by atoms with E-state index in [0.717, 1.165) is 0 Å². The summed E-state index contributed by atoms with van der Waals surface area (Å²) in [6, 6.07) is 2.56. The number of benzene rings is 1. The summed E-state index contributed by atoms with van der Waals surface area (Å²) in [5.41, 5.74) is 1.54. The summed E-state index contributed by atoms with van der Waals surface area (Å²) < 4.78 is 41.3. The van der Waals surface area contributed by atoms with Crippen molar-refractivity contribution in [3.63, 3.8) is 0 Å². The van der Waals surface area contributed by atoms with E-state index in [1.165, 1.54) is 12.1 Å². The van der Waals surface area contributed by atoms with E-state index in [0.29, 0.717) is 16.7 Å². The Morgan fingerprint density at radius 2 is 1.83 bits per heavy atom. The average Bonchev–Trinajstić information content (AvgIpc) is 2.22. The van der Waals surface area contributed by atoms with Crippen molar-refractivity contribution in [2.24, 2.45) is 0 Å². The Kier molecular flexibility index (Phi) is 5.34. The first kappa shape index (κ1) is 14.7. The molecule has 0 spiro atoms. The third-order valence-electron chi connectivity index (χ3n) is 2.49. The number of aryl methyl sites for hydroxylation is 2. The number of ketones is 1. The minimum absolute atomic E-state index is 0.0139. The topological polar surface area (TPSA) is 26.3 Å². The molecule has 0 aliphatic rings. The summed E-state index contributed by atoms with van der Waals surface area (Å²) >= 11 is 0. The lowest BCUT2D eigenvalue weighted by atomic mass is 9.97. The molecule has 18 heavy (non-hydrogen) atoms. The molecule has 1 aromatic rings. The highest BCUT2D eigenvalue weighted by Gasteiger charge is 2.13. The van der Waals surface area contributed by atoms with E-state index < -0.39 is 18.8 Å². The molecule has 100 valence electrons. The van der Waals surface area contributed by atoms with Crippen LogP contribution in [0.15, 0.2) is 12.1 Å². The maximum Gasteiger partial charge on any atom is 0.261 e. The van der Waals surface area contributed by atoms with Gasteiger partial charge in [0, 0.05) is 12.0 Å². The lowest BCUT2D eigenvalue weighted by Crippen LogP contribution is -2.11. The average molecular weight is 260 g/mol. The molecule has 0 aromatic heterocycles. The number of Topliss-reactive ketones (excluding diaryl/α,β-unsaturated/α-hetero) is 1. The van der Waals surface area contributed by atoms with Gasteiger partial charge >= 0.3 is 0 Å². The van der Waals surface area contributed by atoms with Crippen molar-refractivity contribution in [3.05, 3.63) is 34.6 Å². The van der Waals surface area contributed by atoms with E-state index in [9.17, 15) is 18.0 Å². The van der Waals surface area contributed by atoms with E-state index >= 15 is 0 Å². The summed E-state index contributed by atoms with van der Waals surface area (Å²) in [5, 5.41) is 0. The zero-order valence-corrected chi connectivity index (χ0v) is 10.3. The number of carbonyl (C=O) groups is 1. The van der Waals surface area contributed by atoms with Crippen LogP contribution in [0.5, 0.6) is 0 Å². The van der Waals surface area contributed by atoms with Crippen LogP contribution < -0.4 is 0 Å². The molecule has 0 atom stereocenters. The van der Waals surface area contributed by atoms with Crippen molar-refractivity contribution in [2.45, 2.75) is 26.7 Å². The Labute approximate surface area is 104 Å². The molecule has 0 bridgehead atoms. The van der Waals surface area contributed by atoms with Gasteiger partial charge in [-0.2, -0.15) is 0 Å². The van der Waals surface area contributed by atoms with Gasteiger partial charge in [-0.15, -0.1) is 0 Å². The van der Waals surface area contributed by atoms with E-state index in [4.69, 9.17) is 0 Å². The van der Waals surface area contributed by atoms with E-state index in [-0.39, 0.29) is 18.8 Å². The third kappa shape index (κ3) is 4.14. The van der Waals surface area contributed by atoms with Gasteiger partial charge in [-0.05, 0) is 37.1 Å². The predicted molar refractivity (Wildman–Crippen MR) is 61.6 cm³/mol. The fourth-order valence-electron chi connectivity index (χ4n) is 1.81. The van der Waals surface area contributed by atoms with Crippen molar-refractivity contribution < 1.29 is 22.7 Å². The molecular formula is C13H15F3O2. The second kappa shape index (κ2) is 6.54. The molecular weight excluding hydrogens is 245 g/mol. The number of carbonyl (C=O) groups excluding carboxylic acids is 1. The van der Waals surface area contributed by atoms with Crippen molar-refractivity contribution in [1.82, 2.24) is 0 Å². The van der Waals surface area contributed by atoms with Gasteiger partial charge in [-0.25, -0.2) is 13.2 Å². The summed E-state index contributed by atoms with van der Waals surface area (Å²) in [4.78, 5) is 11.9. The molecule has 0 fully saturated rings. The highest BCUT2D eigenvalue weighted by Crippen LogP contribution is 2.17. The van der Waals surface area contributed by atoms with Crippen LogP contribution in [0.1, 0.15) is 27.9 Å². The zero-order valence-electron chi connectivity index (χ0n) is 10.3. The molecule has 1 aromatic carbocycles. The second-order valence-electron chi connectivity index (χ2n) is 4.05. The van der Waals surface area contributed by atoms with Crippen LogP contribution in [0.25, 0.3) is 0 Å². The van der Waals surface area contributed by atoms with Crippen LogP contribution in [0.3, 0.4) is 0 Å². The number of alkyl halides is 2. The summed E-state index contributed by atoms with van der Waals surface area (Å²) in [6.07, 6.45) is -2.52. The van der Waals surface area contributed by atoms with Crippen LogP contribution >= 0.6 is 0 Å². The van der Waals surface area contributed by atoms with Crippen molar-refractivity contribution in [1.29, 1.82) is 0 Å². The highest BCUT2D eigenvalue weighted by atomic mass is 19.3. The first-order valence-corrected chi connectivity index (χ1v) is 5.57. The molecule has 1 rings (SSSR count). The molecule has 0 radical (unpaired) electrons. The molecule has 0 unspecified atom stereocenters. The number of hydrogen-bond donors (Lipinski definition) is 0. The maximum atomic E-state index is 13.0. The first-order chi connectivity index (χ1) is 8.41. The van der Waals surface area contributed by atoms with Crippen LogP contribution in [-0.4, -0.2) is 25.4 Å². The molecule has 0 amide bonds. The van der Waals surface area contributed by atoms with E-state index in [1.807, 2.05) is 0 Å². The number of ether oxygens (including phenoxy) is 1. The van der Waals surface area contributed by atoms with Gasteiger partial charge in [-0.3, -0.25) is 4.79 Å². The molecule has 0 saturated heterocycles. The molecule has 0 aliphatic carbocycles. The van der Waals surface area contributed by atoms with Gasteiger partial charge in [0.2, 0.25) is 0 Å². The van der Waals surface area contributed by atoms with Crippen molar-refractivity contribution >= 4 is 5.78 Å². The fraction of sp³-hybridized carbons (Fsp3) is 0.462. The Balaban J connectivity index is 2.62. The van der Waals surface area contributed by atoms with Crippen LogP contribution in [0.4, 0.5) is 13.2 Å². The normalized spacial score (nSPS) is 11.0. The Hall–Kier alpha value is -1.36. The van der Waals surface area contributed by atoms with Crippen LogP contribution in [0.2, 0.25) is 0 Å². The number of halogens is 3. The van der Waals surface area contributed by atoms with Gasteiger partial charge in [-0.1, -0.05) is 0 Å². The van der Waals surface area contributed by atoms with Crippen LogP contribution in [-0.2, 0) is 4.74 Å². The van der Waals surface area contributed by atoms with Crippen molar-refractivity contribution in [2.75, 3.05) is 13.2 Å². The minimum Gasteiger partial charge on any atom is -0.375 e. The summed E-state index contributed by atoms with van der Waals surface area (Å²) in [7, 11) is 0. The van der Waals surface area contributed by atoms with Gasteiger partial charge < -0.3 is 4.74 Å². The lowest BCUT2D eigenvalue weighted by Gasteiger charge is -2.09. The molecule has 5 heteroatoms. The van der Waals surface area contributed by atoms with Gasteiger partial charge in [0.15, 0.2) is 5.78 Å². The Bertz CT molecular complexity index is 407. The molecule has 0 N–H and O–H groups in total. The van der Waals surface area contributed by atoms with E-state index in [2.05, 4.69) is 4.74 Å². The predicted octanol–water partition coefficient (Wildman–Crippen LogP) is 3.30. The Morgan fingerprint density at radius 3 is 2.33 bits per heavy atom. The van der Waals surface area contributed by atoms with E-state index in [1.54, 1.807) is 13.8 Å². The monoisotopic (exact) mass is 260 g/mol. The van der Waals surface area contributed by atoms with Crippen LogP contribution in [0, 0.1) is 19.7 Å². The maximum absolute atomic E-state index is 13.0. The number of hydrogen-bond acceptors (Lipinski definition) is 2. The number of rotatable bonds is 6. The zero-order chi connectivity index (χ0) is 13.7. The molecule has 0 aliphatic heterocycles. The molecule has 0 saturated carbocycles. The lowest BCUT2D eigenvalue weighted by molar-refractivity contribution is 0.0169. The third-order valence-corrected chi connectivity index (χ3v) is 2.49. The van der Waals surface area contributed by atoms with Gasteiger partial charge in [0.25, 0.3) is 6.43 Å². The fourth-order valence-corrected chi connectivity index (χ4v) is 1.81. The molecule has 0 heterocycles. The van der Waals surface area contributed by atoms with Gasteiger partial charge in [0.05, 0.1) is 6.61 Å². The van der Waals surface area contributed by atoms with Gasteiger partial charge in [0.1, 0.15) is 12.4 Å². The summed E-state index contributed by atoms with van der Waals surface area (Å²) in [6.45, 7) is 2.56. The second-order valence-corrected chi connectivity index (χ2v) is 4.05. The molecule has 2 nitrogen and oxygen atoms in total. The summed E-state index contributed by atoms with van der Waals surface area (Å²) in [5.74, 6) is -0.616. The van der Waals surface area contributed by atoms with Crippen molar-refractivity contribution in [3.8, 4) is 0 Å². The minimum atomic E-state index is -2.53. The highest BCUT2D eigenvalue weighted by molar-refractivity contribution is 5.98.